The van der Waals surface area contributed by atoms with Gasteiger partial charge in [-0.05, 0) is 0 Å². The largest absolute Gasteiger partial charge is 0.354 e. The third-order valence-corrected chi connectivity index (χ3v) is 3.10. The lowest BCUT2D eigenvalue weighted by Gasteiger charge is -1.77. The molecular weight excluding hydrogens is 151 g/mol. The van der Waals surface area contributed by atoms with Crippen LogP contribution in [0.2, 0.25) is 0 Å². The molecule has 1 atom stereocenters. The van der Waals surface area contributed by atoms with Crippen molar-refractivity contribution < 1.29 is 17.5 Å². The highest BCUT2D eigenvalue weighted by molar-refractivity contribution is 7.91. The van der Waals surface area contributed by atoms with E-state index in [1.54, 1.807) is 0 Å². The topological polar surface area (TPSA) is 71.4 Å². The van der Waals surface area contributed by atoms with E-state index >= 15 is 0 Å². The Morgan fingerprint density at radius 1 is 1.62 bits per heavy atom. The predicted octanol–water partition coefficient (Wildman–Crippen LogP) is 0.289. The molecular formula is C2H6O4PS+. The van der Waals surface area contributed by atoms with E-state index in [0.29, 0.717) is 0 Å². The molecule has 0 rings (SSSR count). The van der Waals surface area contributed by atoms with E-state index in [9.17, 15) is 13.0 Å². The first kappa shape index (κ1) is 8.01. The normalized spacial score (nSPS) is 13.5. The molecule has 1 unspecified atom stereocenters. The molecule has 0 aromatic carbocycles. The second kappa shape index (κ2) is 2.53. The Bertz CT molecular complexity index is 180. The van der Waals surface area contributed by atoms with Gasteiger partial charge in [-0.1, -0.05) is 4.57 Å². The van der Waals surface area contributed by atoms with Crippen molar-refractivity contribution in [3.05, 3.63) is 0 Å². The Hall–Kier alpha value is 0.01000. The molecule has 8 heavy (non-hydrogen) atoms. The summed E-state index contributed by atoms with van der Waals surface area (Å²) in [5.41, 5.74) is -0.637. The molecule has 0 aromatic heterocycles. The summed E-state index contributed by atoms with van der Waals surface area (Å²) in [4.78, 5) is 0. The van der Waals surface area contributed by atoms with Crippen molar-refractivity contribution in [2.45, 2.75) is 0 Å². The zero-order valence-electron chi connectivity index (χ0n) is 4.23. The van der Waals surface area contributed by atoms with Gasteiger partial charge in [0.2, 0.25) is 0 Å². The summed E-state index contributed by atoms with van der Waals surface area (Å²) in [6.45, 7) is 1.24. The summed E-state index contributed by atoms with van der Waals surface area (Å²) >= 11 is 0. The monoisotopic (exact) mass is 157 g/mol. The van der Waals surface area contributed by atoms with Crippen LogP contribution in [-0.2, 0) is 14.7 Å². The van der Waals surface area contributed by atoms with E-state index in [2.05, 4.69) is 0 Å². The highest BCUT2D eigenvalue weighted by Crippen LogP contribution is 2.14. The first-order valence-corrected chi connectivity index (χ1v) is 5.25. The fourth-order valence-electron chi connectivity index (χ4n) is 0.230. The van der Waals surface area contributed by atoms with Gasteiger partial charge in [-0.3, -0.25) is 4.55 Å². The molecule has 0 fully saturated rings. The molecule has 0 heterocycles. The van der Waals surface area contributed by atoms with Gasteiger partial charge in [0.1, 0.15) is 6.66 Å². The van der Waals surface area contributed by atoms with E-state index in [-0.39, 0.29) is 0 Å². The number of hydrogen-bond acceptors (Lipinski definition) is 3. The molecule has 48 valence electrons. The fourth-order valence-corrected chi connectivity index (χ4v) is 2.07. The fraction of sp³-hybridized carbons (Fsp3) is 1.00. The Balaban J connectivity index is 3.95. The van der Waals surface area contributed by atoms with Crippen LogP contribution in [0.1, 0.15) is 0 Å². The minimum atomic E-state index is -4.01. The molecule has 0 aliphatic rings. The SMILES string of the molecule is C[P+](=O)CS(=O)(=O)O. The van der Waals surface area contributed by atoms with Crippen molar-refractivity contribution >= 4 is 17.9 Å². The molecule has 0 aliphatic carbocycles. The smallest absolute Gasteiger partial charge is 0.282 e. The molecule has 4 nitrogen and oxygen atoms in total. The average molecular weight is 157 g/mol. The Morgan fingerprint density at radius 3 is 2.00 bits per heavy atom. The average Bonchev–Trinajstić information content (AvgIpc) is 1.21. The van der Waals surface area contributed by atoms with Gasteiger partial charge in [-0.2, -0.15) is 8.42 Å². The van der Waals surface area contributed by atoms with Crippen LogP contribution in [0, 0.1) is 0 Å². The van der Waals surface area contributed by atoms with Crippen molar-refractivity contribution in [2.24, 2.45) is 0 Å². The van der Waals surface area contributed by atoms with Crippen molar-refractivity contribution in [1.29, 1.82) is 0 Å². The minimum Gasteiger partial charge on any atom is -0.282 e. The molecule has 0 bridgehead atoms. The van der Waals surface area contributed by atoms with Gasteiger partial charge in [-0.15, -0.1) is 0 Å². The summed E-state index contributed by atoms with van der Waals surface area (Å²) in [5, 5.41) is 0. The molecule has 0 spiro atoms. The highest BCUT2D eigenvalue weighted by Gasteiger charge is 2.17. The first-order chi connectivity index (χ1) is 3.42. The lowest BCUT2D eigenvalue weighted by atomic mass is 11.9. The lowest BCUT2D eigenvalue weighted by Crippen LogP contribution is -1.98. The molecule has 6 heteroatoms. The first-order valence-electron chi connectivity index (χ1n) is 1.75. The van der Waals surface area contributed by atoms with Gasteiger partial charge in [0.15, 0.2) is 0 Å². The maximum atomic E-state index is 10.1. The van der Waals surface area contributed by atoms with Crippen LogP contribution in [0.4, 0.5) is 0 Å². The van der Waals surface area contributed by atoms with Gasteiger partial charge < -0.3 is 0 Å². The highest BCUT2D eigenvalue weighted by atomic mass is 32.2. The Labute approximate surface area is 48.4 Å². The standard InChI is InChI=1S/C2H5O4PS/c1-7(3)2-8(4,5)6/h2H2,1H3/p+1. The van der Waals surface area contributed by atoms with Crippen LogP contribution in [-0.4, -0.2) is 25.1 Å². The number of hydrogen-bond donors (Lipinski definition) is 1. The van der Waals surface area contributed by atoms with Crippen LogP contribution < -0.4 is 0 Å². The number of rotatable bonds is 2. The zero-order valence-corrected chi connectivity index (χ0v) is 5.95. The van der Waals surface area contributed by atoms with Gasteiger partial charge >= 0.3 is 17.9 Å². The maximum Gasteiger partial charge on any atom is 0.354 e. The zero-order chi connectivity index (χ0) is 6.78. The van der Waals surface area contributed by atoms with E-state index in [1.807, 2.05) is 0 Å². The minimum absolute atomic E-state index is 0.637. The third-order valence-electron chi connectivity index (χ3n) is 0.345. The summed E-state index contributed by atoms with van der Waals surface area (Å²) in [6, 6.07) is 0. The van der Waals surface area contributed by atoms with E-state index in [1.165, 1.54) is 6.66 Å². The van der Waals surface area contributed by atoms with Crippen molar-refractivity contribution in [1.82, 2.24) is 0 Å². The summed E-state index contributed by atoms with van der Waals surface area (Å²) in [7, 11) is -5.78. The quantitative estimate of drug-likeness (QED) is 0.462. The van der Waals surface area contributed by atoms with Crippen molar-refractivity contribution in [3.8, 4) is 0 Å². The van der Waals surface area contributed by atoms with Gasteiger partial charge in [-0.25, -0.2) is 0 Å². The molecule has 0 amide bonds. The summed E-state index contributed by atoms with van der Waals surface area (Å²) in [5.74, 6) is 0. The summed E-state index contributed by atoms with van der Waals surface area (Å²) in [6.07, 6.45) is 0. The second-order valence-corrected chi connectivity index (χ2v) is 4.79. The predicted molar refractivity (Wildman–Crippen MR) is 29.9 cm³/mol. The Kier molecular flexibility index (Phi) is 2.53. The van der Waals surface area contributed by atoms with Crippen LogP contribution in [0.5, 0.6) is 0 Å². The third kappa shape index (κ3) is 6.01. The maximum absolute atomic E-state index is 10.1. The molecule has 0 radical (unpaired) electrons. The van der Waals surface area contributed by atoms with E-state index in [0.717, 1.165) is 0 Å². The van der Waals surface area contributed by atoms with Crippen LogP contribution >= 0.6 is 7.80 Å². The van der Waals surface area contributed by atoms with E-state index in [4.69, 9.17) is 4.55 Å². The molecule has 0 aliphatic heterocycles. The van der Waals surface area contributed by atoms with Crippen LogP contribution in [0.15, 0.2) is 0 Å². The summed E-state index contributed by atoms with van der Waals surface area (Å²) < 4.78 is 37.7. The molecule has 0 aromatic rings. The molecule has 0 saturated carbocycles. The van der Waals surface area contributed by atoms with Crippen LogP contribution in [0.25, 0.3) is 0 Å². The van der Waals surface area contributed by atoms with E-state index < -0.39 is 23.4 Å². The van der Waals surface area contributed by atoms with Crippen LogP contribution in [0.3, 0.4) is 0 Å². The lowest BCUT2D eigenvalue weighted by molar-refractivity contribution is 0.488. The van der Waals surface area contributed by atoms with Crippen molar-refractivity contribution in [3.63, 3.8) is 0 Å². The van der Waals surface area contributed by atoms with Crippen molar-refractivity contribution in [2.75, 3.05) is 12.2 Å². The Morgan fingerprint density at radius 2 is 2.00 bits per heavy atom. The second-order valence-electron chi connectivity index (χ2n) is 1.34. The molecule has 1 N–H and O–H groups in total. The molecule has 0 saturated heterocycles. The van der Waals surface area contributed by atoms with Gasteiger partial charge in [0.25, 0.3) is 5.49 Å². The van der Waals surface area contributed by atoms with Gasteiger partial charge in [0.05, 0.1) is 0 Å². The van der Waals surface area contributed by atoms with Gasteiger partial charge in [0, 0.05) is 0 Å².